The number of piperazine rings is 1. The fourth-order valence-electron chi connectivity index (χ4n) is 7.04. The second kappa shape index (κ2) is 12.7. The number of rotatable bonds is 11. The van der Waals surface area contributed by atoms with E-state index in [2.05, 4.69) is 16.7 Å². The smallest absolute Gasteiger partial charge is 0.304 e. The zero-order chi connectivity index (χ0) is 30.1. The third-order valence-electron chi connectivity index (χ3n) is 9.61. The molecule has 1 saturated carbocycles. The number of carboxylic acid groups (broad SMARTS) is 1. The summed E-state index contributed by atoms with van der Waals surface area (Å²) >= 11 is 12.7. The van der Waals surface area contributed by atoms with Gasteiger partial charge in [-0.3, -0.25) is 19.4 Å². The Hall–Kier alpha value is -2.45. The van der Waals surface area contributed by atoms with Crippen molar-refractivity contribution >= 4 is 41.4 Å². The summed E-state index contributed by atoms with van der Waals surface area (Å²) < 4.78 is 0. The van der Waals surface area contributed by atoms with Gasteiger partial charge in [0, 0.05) is 66.7 Å². The summed E-state index contributed by atoms with van der Waals surface area (Å²) in [6, 6.07) is 15.0. The first-order chi connectivity index (χ1) is 20.1. The number of halogens is 2. The molecule has 226 valence electrons. The van der Waals surface area contributed by atoms with E-state index in [0.717, 1.165) is 69.4 Å². The second-order valence-corrected chi connectivity index (χ2v) is 13.7. The van der Waals surface area contributed by atoms with E-state index in [1.807, 2.05) is 53.4 Å². The van der Waals surface area contributed by atoms with Crippen LogP contribution in [0.15, 0.2) is 48.5 Å². The molecule has 1 aliphatic carbocycles. The minimum atomic E-state index is -1.07. The van der Waals surface area contributed by atoms with E-state index in [4.69, 9.17) is 23.2 Å². The van der Waals surface area contributed by atoms with Crippen LogP contribution in [0.25, 0.3) is 0 Å². The molecule has 7 nitrogen and oxygen atoms in total. The molecule has 3 aliphatic rings. The number of amides is 1. The van der Waals surface area contributed by atoms with Crippen molar-refractivity contribution in [2.45, 2.75) is 64.0 Å². The van der Waals surface area contributed by atoms with Crippen LogP contribution in [0.4, 0.5) is 0 Å². The Balaban J connectivity index is 1.47. The van der Waals surface area contributed by atoms with E-state index >= 15 is 0 Å². The standard InChI is InChI=1S/C33H41Cl2N3O4/c1-3-27(20-36-13-15-37(16-14-36)21-33(22-39)11-12-33)38-30(23-7-9-25(34)10-8-23)28(24-5-4-6-26(35)17-24)18-32(2,31(38)42)19-29(40)41/h4-10,17,22,27-28,30H,3,11-16,18-21H2,1-2H3,(H,40,41). The van der Waals surface area contributed by atoms with Gasteiger partial charge in [-0.25, -0.2) is 0 Å². The number of aldehydes is 1. The van der Waals surface area contributed by atoms with Crippen LogP contribution in [-0.2, 0) is 14.4 Å². The van der Waals surface area contributed by atoms with Crippen molar-refractivity contribution in [2.24, 2.45) is 10.8 Å². The third kappa shape index (κ3) is 6.70. The zero-order valence-corrected chi connectivity index (χ0v) is 26.0. The largest absolute Gasteiger partial charge is 0.481 e. The van der Waals surface area contributed by atoms with Crippen LogP contribution < -0.4 is 0 Å². The van der Waals surface area contributed by atoms with Crippen molar-refractivity contribution in [3.8, 4) is 0 Å². The molecule has 2 saturated heterocycles. The number of carbonyl (C=O) groups excluding carboxylic acids is 2. The third-order valence-corrected chi connectivity index (χ3v) is 10.1. The predicted molar refractivity (Wildman–Crippen MR) is 165 cm³/mol. The highest BCUT2D eigenvalue weighted by atomic mass is 35.5. The molecule has 2 heterocycles. The summed E-state index contributed by atoms with van der Waals surface area (Å²) in [7, 11) is 0. The minimum absolute atomic E-state index is 0.115. The number of carbonyl (C=O) groups is 3. The highest BCUT2D eigenvalue weighted by molar-refractivity contribution is 6.30. The lowest BCUT2D eigenvalue weighted by atomic mass is 9.67. The minimum Gasteiger partial charge on any atom is -0.481 e. The molecule has 0 spiro atoms. The number of piperidine rings is 1. The van der Waals surface area contributed by atoms with Crippen molar-refractivity contribution in [2.75, 3.05) is 39.3 Å². The summed E-state index contributed by atoms with van der Waals surface area (Å²) in [5.41, 5.74) is 0.761. The second-order valence-electron chi connectivity index (χ2n) is 12.8. The van der Waals surface area contributed by atoms with E-state index in [1.54, 1.807) is 6.92 Å². The maximum atomic E-state index is 14.5. The summed E-state index contributed by atoms with van der Waals surface area (Å²) in [6.45, 7) is 8.95. The first kappa shape index (κ1) is 31.0. The Bertz CT molecular complexity index is 1290. The topological polar surface area (TPSA) is 81.2 Å². The zero-order valence-electron chi connectivity index (χ0n) is 24.5. The van der Waals surface area contributed by atoms with Gasteiger partial charge in [-0.1, -0.05) is 61.3 Å². The SMILES string of the molecule is CCC(CN1CCN(CC2(C=O)CC2)CC1)N1C(=O)C(C)(CC(=O)O)CC(c2cccc(Cl)c2)C1c1ccc(Cl)cc1. The Morgan fingerprint density at radius 3 is 2.26 bits per heavy atom. The van der Waals surface area contributed by atoms with Crippen molar-refractivity contribution < 1.29 is 19.5 Å². The van der Waals surface area contributed by atoms with Gasteiger partial charge in [-0.15, -0.1) is 0 Å². The van der Waals surface area contributed by atoms with Crippen LogP contribution in [0.3, 0.4) is 0 Å². The van der Waals surface area contributed by atoms with Crippen LogP contribution in [-0.4, -0.2) is 83.3 Å². The average Bonchev–Trinajstić information content (AvgIpc) is 3.74. The maximum Gasteiger partial charge on any atom is 0.304 e. The molecule has 42 heavy (non-hydrogen) atoms. The molecule has 4 unspecified atom stereocenters. The van der Waals surface area contributed by atoms with E-state index in [9.17, 15) is 19.5 Å². The molecule has 1 N–H and O–H groups in total. The predicted octanol–water partition coefficient (Wildman–Crippen LogP) is 5.91. The van der Waals surface area contributed by atoms with E-state index in [1.165, 1.54) is 0 Å². The van der Waals surface area contributed by atoms with Gasteiger partial charge in [0.1, 0.15) is 6.29 Å². The molecular weight excluding hydrogens is 573 g/mol. The van der Waals surface area contributed by atoms with E-state index in [0.29, 0.717) is 23.0 Å². The summed E-state index contributed by atoms with van der Waals surface area (Å²) in [5.74, 6) is -1.25. The monoisotopic (exact) mass is 613 g/mol. The first-order valence-electron chi connectivity index (χ1n) is 15.0. The first-order valence-corrected chi connectivity index (χ1v) is 15.8. The van der Waals surface area contributed by atoms with Gasteiger partial charge >= 0.3 is 5.97 Å². The molecule has 2 aliphatic heterocycles. The lowest BCUT2D eigenvalue weighted by Crippen LogP contribution is -2.59. The molecule has 9 heteroatoms. The average molecular weight is 615 g/mol. The van der Waals surface area contributed by atoms with Gasteiger partial charge in [0.25, 0.3) is 0 Å². The van der Waals surface area contributed by atoms with Crippen molar-refractivity contribution in [3.05, 3.63) is 69.7 Å². The normalized spacial score (nSPS) is 27.0. The van der Waals surface area contributed by atoms with E-state index in [-0.39, 0.29) is 35.7 Å². The highest BCUT2D eigenvalue weighted by Gasteiger charge is 2.52. The molecule has 4 atom stereocenters. The Morgan fingerprint density at radius 2 is 1.69 bits per heavy atom. The quantitative estimate of drug-likeness (QED) is 0.317. The molecule has 5 rings (SSSR count). The van der Waals surface area contributed by atoms with Gasteiger partial charge in [0.05, 0.1) is 17.9 Å². The molecular formula is C33H41Cl2N3O4. The number of carboxylic acids is 1. The number of nitrogens with zero attached hydrogens (tertiary/aromatic N) is 3. The number of likely N-dealkylation sites (tertiary alicyclic amines) is 1. The highest BCUT2D eigenvalue weighted by Crippen LogP contribution is 2.52. The molecule has 0 bridgehead atoms. The van der Waals surface area contributed by atoms with Gasteiger partial charge in [-0.05, 0) is 61.1 Å². The van der Waals surface area contributed by atoms with Crippen LogP contribution in [0.2, 0.25) is 10.0 Å². The fourth-order valence-corrected chi connectivity index (χ4v) is 7.37. The molecule has 3 fully saturated rings. The summed E-state index contributed by atoms with van der Waals surface area (Å²) in [4.78, 5) is 44.9. The number of hydrogen-bond acceptors (Lipinski definition) is 5. The lowest BCUT2D eigenvalue weighted by Gasteiger charge is -2.52. The van der Waals surface area contributed by atoms with Crippen molar-refractivity contribution in [1.29, 1.82) is 0 Å². The van der Waals surface area contributed by atoms with Crippen molar-refractivity contribution in [1.82, 2.24) is 14.7 Å². The molecule has 1 amide bonds. The number of hydrogen-bond donors (Lipinski definition) is 1. The van der Waals surface area contributed by atoms with Crippen LogP contribution >= 0.6 is 23.2 Å². The summed E-state index contributed by atoms with van der Waals surface area (Å²) in [6.07, 6.45) is 4.00. The number of benzene rings is 2. The summed E-state index contributed by atoms with van der Waals surface area (Å²) in [5, 5.41) is 11.1. The molecule has 0 aromatic heterocycles. The van der Waals surface area contributed by atoms with Crippen molar-refractivity contribution in [3.63, 3.8) is 0 Å². The Morgan fingerprint density at radius 1 is 1.02 bits per heavy atom. The Kier molecular flexibility index (Phi) is 9.33. The maximum absolute atomic E-state index is 14.5. The Labute approximate surface area is 258 Å². The number of aliphatic carboxylic acids is 1. The van der Waals surface area contributed by atoms with E-state index < -0.39 is 11.4 Å². The lowest BCUT2D eigenvalue weighted by molar-refractivity contribution is -0.161. The molecule has 0 radical (unpaired) electrons. The van der Waals surface area contributed by atoms with Crippen LogP contribution in [0.1, 0.15) is 69.0 Å². The van der Waals surface area contributed by atoms with Crippen LogP contribution in [0.5, 0.6) is 0 Å². The molecule has 2 aromatic rings. The van der Waals surface area contributed by atoms with Crippen LogP contribution in [0, 0.1) is 10.8 Å². The van der Waals surface area contributed by atoms with Gasteiger partial charge in [0.15, 0.2) is 0 Å². The van der Waals surface area contributed by atoms with Gasteiger partial charge < -0.3 is 14.8 Å². The molecule has 2 aromatic carbocycles. The van der Waals surface area contributed by atoms with Gasteiger partial charge in [-0.2, -0.15) is 0 Å². The van der Waals surface area contributed by atoms with Gasteiger partial charge in [0.2, 0.25) is 5.91 Å². The fraction of sp³-hybridized carbons (Fsp3) is 0.545.